The van der Waals surface area contributed by atoms with Gasteiger partial charge in [-0.15, -0.1) is 0 Å². The largest absolute Gasteiger partial charge is 0.356 e. The molecular formula is C11H23N3O. The third-order valence-corrected chi connectivity index (χ3v) is 2.95. The standard InChI is InChI=1S/C11H23N3O/c1-2-6-13-11(15)10-3-7-14(8-4-10)9-5-12/h10H,2-9,12H2,1H3,(H,13,15). The van der Waals surface area contributed by atoms with Crippen molar-refractivity contribution >= 4 is 5.91 Å². The molecule has 0 unspecified atom stereocenters. The Bertz CT molecular complexity index is 188. The van der Waals surface area contributed by atoms with Crippen LogP contribution in [0.4, 0.5) is 0 Å². The molecule has 0 bridgehead atoms. The molecule has 0 radical (unpaired) electrons. The van der Waals surface area contributed by atoms with Gasteiger partial charge in [0.25, 0.3) is 0 Å². The van der Waals surface area contributed by atoms with Crippen LogP contribution in [0.1, 0.15) is 26.2 Å². The Morgan fingerprint density at radius 1 is 1.47 bits per heavy atom. The summed E-state index contributed by atoms with van der Waals surface area (Å²) in [7, 11) is 0. The van der Waals surface area contributed by atoms with Crippen LogP contribution in [0.3, 0.4) is 0 Å². The summed E-state index contributed by atoms with van der Waals surface area (Å²) >= 11 is 0. The summed E-state index contributed by atoms with van der Waals surface area (Å²) in [6.45, 7) is 6.59. The molecule has 0 aromatic heterocycles. The number of carbonyl (C=O) groups is 1. The molecule has 3 N–H and O–H groups in total. The predicted octanol–water partition coefficient (Wildman–Crippen LogP) is 0.183. The van der Waals surface area contributed by atoms with E-state index in [2.05, 4.69) is 17.1 Å². The van der Waals surface area contributed by atoms with Gasteiger partial charge in [0.05, 0.1) is 0 Å². The van der Waals surface area contributed by atoms with Crippen molar-refractivity contribution in [2.75, 3.05) is 32.7 Å². The summed E-state index contributed by atoms with van der Waals surface area (Å²) in [5.74, 6) is 0.467. The van der Waals surface area contributed by atoms with Gasteiger partial charge in [0.15, 0.2) is 0 Å². The Labute approximate surface area is 92.2 Å². The van der Waals surface area contributed by atoms with Crippen LogP contribution in [0.2, 0.25) is 0 Å². The van der Waals surface area contributed by atoms with Crippen molar-refractivity contribution in [1.82, 2.24) is 10.2 Å². The second-order valence-corrected chi connectivity index (χ2v) is 4.20. The van der Waals surface area contributed by atoms with Gasteiger partial charge in [0.1, 0.15) is 0 Å². The molecule has 4 heteroatoms. The maximum atomic E-state index is 11.7. The number of hydrogen-bond acceptors (Lipinski definition) is 3. The SMILES string of the molecule is CCCNC(=O)C1CCN(CCN)CC1. The minimum atomic E-state index is 0.227. The molecular weight excluding hydrogens is 190 g/mol. The molecule has 1 fully saturated rings. The van der Waals surface area contributed by atoms with E-state index in [9.17, 15) is 4.79 Å². The van der Waals surface area contributed by atoms with Crippen molar-refractivity contribution in [2.45, 2.75) is 26.2 Å². The fraction of sp³-hybridized carbons (Fsp3) is 0.909. The number of nitrogens with zero attached hydrogens (tertiary/aromatic N) is 1. The van der Waals surface area contributed by atoms with Crippen molar-refractivity contribution in [2.24, 2.45) is 11.7 Å². The van der Waals surface area contributed by atoms with Gasteiger partial charge in [-0.3, -0.25) is 4.79 Å². The number of amides is 1. The average molecular weight is 213 g/mol. The van der Waals surface area contributed by atoms with E-state index in [1.165, 1.54) is 0 Å². The van der Waals surface area contributed by atoms with Crippen LogP contribution in [0, 0.1) is 5.92 Å². The number of rotatable bonds is 5. The number of piperidine rings is 1. The van der Waals surface area contributed by atoms with E-state index in [0.29, 0.717) is 6.54 Å². The number of nitrogens with one attached hydrogen (secondary N) is 1. The lowest BCUT2D eigenvalue weighted by molar-refractivity contribution is -0.126. The number of likely N-dealkylation sites (tertiary alicyclic amines) is 1. The predicted molar refractivity (Wildman–Crippen MR) is 61.5 cm³/mol. The van der Waals surface area contributed by atoms with Gasteiger partial charge in [0, 0.05) is 25.6 Å². The molecule has 1 heterocycles. The highest BCUT2D eigenvalue weighted by molar-refractivity contribution is 5.78. The summed E-state index contributed by atoms with van der Waals surface area (Å²) in [6, 6.07) is 0. The van der Waals surface area contributed by atoms with E-state index < -0.39 is 0 Å². The monoisotopic (exact) mass is 213 g/mol. The molecule has 0 aromatic rings. The topological polar surface area (TPSA) is 58.4 Å². The molecule has 0 atom stereocenters. The van der Waals surface area contributed by atoms with Crippen LogP contribution in [0.25, 0.3) is 0 Å². The van der Waals surface area contributed by atoms with E-state index in [1.807, 2.05) is 0 Å². The van der Waals surface area contributed by atoms with Crippen LogP contribution in [0.15, 0.2) is 0 Å². The molecule has 1 aliphatic heterocycles. The lowest BCUT2D eigenvalue weighted by Gasteiger charge is -2.30. The van der Waals surface area contributed by atoms with E-state index in [4.69, 9.17) is 5.73 Å². The van der Waals surface area contributed by atoms with Crippen molar-refractivity contribution in [1.29, 1.82) is 0 Å². The van der Waals surface area contributed by atoms with Gasteiger partial charge in [-0.25, -0.2) is 0 Å². The number of carbonyl (C=O) groups excluding carboxylic acids is 1. The zero-order valence-corrected chi connectivity index (χ0v) is 9.67. The second-order valence-electron chi connectivity index (χ2n) is 4.20. The summed E-state index contributed by atoms with van der Waals surface area (Å²) < 4.78 is 0. The lowest BCUT2D eigenvalue weighted by Crippen LogP contribution is -2.42. The molecule has 0 saturated carbocycles. The minimum absolute atomic E-state index is 0.227. The highest BCUT2D eigenvalue weighted by Gasteiger charge is 2.23. The van der Waals surface area contributed by atoms with Crippen LogP contribution < -0.4 is 11.1 Å². The highest BCUT2D eigenvalue weighted by Crippen LogP contribution is 2.16. The Kier molecular flexibility index (Phi) is 5.65. The Morgan fingerprint density at radius 3 is 2.67 bits per heavy atom. The molecule has 1 aliphatic rings. The molecule has 0 aromatic carbocycles. The van der Waals surface area contributed by atoms with Gasteiger partial charge >= 0.3 is 0 Å². The first-order valence-corrected chi connectivity index (χ1v) is 5.98. The first-order valence-electron chi connectivity index (χ1n) is 5.98. The fourth-order valence-electron chi connectivity index (χ4n) is 1.99. The molecule has 15 heavy (non-hydrogen) atoms. The normalized spacial score (nSPS) is 19.1. The van der Waals surface area contributed by atoms with Crippen LogP contribution in [-0.4, -0.2) is 43.5 Å². The van der Waals surface area contributed by atoms with Gasteiger partial charge < -0.3 is 16.0 Å². The summed E-state index contributed by atoms with van der Waals surface area (Å²) in [5.41, 5.74) is 5.50. The number of hydrogen-bond donors (Lipinski definition) is 2. The lowest BCUT2D eigenvalue weighted by atomic mass is 9.96. The molecule has 1 amide bonds. The first kappa shape index (κ1) is 12.5. The zero-order chi connectivity index (χ0) is 11.1. The van der Waals surface area contributed by atoms with Crippen molar-refractivity contribution in [3.63, 3.8) is 0 Å². The highest BCUT2D eigenvalue weighted by atomic mass is 16.1. The summed E-state index contributed by atoms with van der Waals surface area (Å²) in [4.78, 5) is 14.0. The van der Waals surface area contributed by atoms with Gasteiger partial charge in [0.2, 0.25) is 5.91 Å². The Hall–Kier alpha value is -0.610. The Morgan fingerprint density at radius 2 is 2.13 bits per heavy atom. The third kappa shape index (κ3) is 4.18. The van der Waals surface area contributed by atoms with Crippen LogP contribution in [0.5, 0.6) is 0 Å². The summed E-state index contributed by atoms with van der Waals surface area (Å²) in [5, 5.41) is 2.97. The van der Waals surface area contributed by atoms with Crippen molar-refractivity contribution in [3.8, 4) is 0 Å². The molecule has 0 spiro atoms. The molecule has 1 saturated heterocycles. The quantitative estimate of drug-likeness (QED) is 0.685. The maximum Gasteiger partial charge on any atom is 0.223 e. The van der Waals surface area contributed by atoms with E-state index in [1.54, 1.807) is 0 Å². The third-order valence-electron chi connectivity index (χ3n) is 2.95. The van der Waals surface area contributed by atoms with Crippen molar-refractivity contribution in [3.05, 3.63) is 0 Å². The van der Waals surface area contributed by atoms with E-state index in [0.717, 1.165) is 45.4 Å². The van der Waals surface area contributed by atoms with Crippen molar-refractivity contribution < 1.29 is 4.79 Å². The second kappa shape index (κ2) is 6.80. The van der Waals surface area contributed by atoms with Gasteiger partial charge in [-0.1, -0.05) is 6.92 Å². The fourth-order valence-corrected chi connectivity index (χ4v) is 1.99. The van der Waals surface area contributed by atoms with Gasteiger partial charge in [-0.2, -0.15) is 0 Å². The van der Waals surface area contributed by atoms with E-state index >= 15 is 0 Å². The van der Waals surface area contributed by atoms with Crippen LogP contribution in [-0.2, 0) is 4.79 Å². The van der Waals surface area contributed by atoms with Gasteiger partial charge in [-0.05, 0) is 32.4 Å². The smallest absolute Gasteiger partial charge is 0.223 e. The number of nitrogens with two attached hydrogens (primary N) is 1. The Balaban J connectivity index is 2.21. The maximum absolute atomic E-state index is 11.7. The first-order chi connectivity index (χ1) is 7.27. The molecule has 4 nitrogen and oxygen atoms in total. The van der Waals surface area contributed by atoms with E-state index in [-0.39, 0.29) is 11.8 Å². The summed E-state index contributed by atoms with van der Waals surface area (Å²) in [6.07, 6.45) is 2.98. The average Bonchev–Trinajstić information content (AvgIpc) is 2.27. The van der Waals surface area contributed by atoms with Crippen LogP contribution >= 0.6 is 0 Å². The molecule has 0 aliphatic carbocycles. The molecule has 88 valence electrons. The minimum Gasteiger partial charge on any atom is -0.356 e. The zero-order valence-electron chi connectivity index (χ0n) is 9.67. The molecule has 1 rings (SSSR count).